The van der Waals surface area contributed by atoms with E-state index in [2.05, 4.69) is 291 Å². The molecule has 0 N–H and O–H groups in total. The maximum absolute atomic E-state index is 10.7. The minimum Gasteiger partial charge on any atom is -1.00 e. The molecule has 1 aliphatic rings. The molecule has 0 atom stereocenters. The van der Waals surface area contributed by atoms with E-state index >= 15 is 0 Å². The largest absolute Gasteiger partial charge is 1.00 e. The molecule has 0 bridgehead atoms. The minimum absolute atomic E-state index is 0. The normalized spacial score (nSPS) is 12.8. The molecular formula is C101H75BClKN10O2. The first-order chi connectivity index (χ1) is 55.9. The molecule has 1 fully saturated rings. The summed E-state index contributed by atoms with van der Waals surface area (Å²) in [6.07, 6.45) is 0. The van der Waals surface area contributed by atoms with Crippen molar-refractivity contribution in [3.63, 3.8) is 0 Å². The van der Waals surface area contributed by atoms with Crippen LogP contribution < -0.4 is 56.8 Å². The number of halogens is 1. The second-order valence-electron chi connectivity index (χ2n) is 29.4. The fourth-order valence-corrected chi connectivity index (χ4v) is 16.2. The zero-order valence-electron chi connectivity index (χ0n) is 64.7. The fourth-order valence-electron chi connectivity index (χ4n) is 16.0. The first-order valence-corrected chi connectivity index (χ1v) is 38.4. The van der Waals surface area contributed by atoms with Gasteiger partial charge in [-0.2, -0.15) is 5.26 Å². The van der Waals surface area contributed by atoms with Crippen LogP contribution >= 0.6 is 11.6 Å². The molecule has 116 heavy (non-hydrogen) atoms. The first-order valence-electron chi connectivity index (χ1n) is 38.0. The van der Waals surface area contributed by atoms with E-state index < -0.39 is 18.3 Å². The van der Waals surface area contributed by atoms with Gasteiger partial charge in [-0.15, -0.1) is 0 Å². The van der Waals surface area contributed by atoms with Crippen LogP contribution in [0.3, 0.4) is 0 Å². The molecule has 552 valence electrons. The van der Waals surface area contributed by atoms with Crippen LogP contribution in [0.4, 0.5) is 5.69 Å². The number of fused-ring (bicyclic) bond motifs is 12. The van der Waals surface area contributed by atoms with Crippen molar-refractivity contribution in [2.24, 2.45) is 0 Å². The predicted molar refractivity (Wildman–Crippen MR) is 475 cm³/mol. The number of nitriles is 1. The van der Waals surface area contributed by atoms with Crippen molar-refractivity contribution in [1.82, 2.24) is 38.2 Å². The molecular weight excluding hydrogens is 1470 g/mol. The van der Waals surface area contributed by atoms with Crippen molar-refractivity contribution >= 4 is 117 Å². The maximum Gasteiger partial charge on any atom is 1.00 e. The van der Waals surface area contributed by atoms with Crippen molar-refractivity contribution in [2.45, 2.75) is 46.3 Å². The molecule has 20 aromatic rings. The monoisotopic (exact) mass is 1540 g/mol. The van der Waals surface area contributed by atoms with Gasteiger partial charge in [0.25, 0.3) is 0 Å². The summed E-state index contributed by atoms with van der Waals surface area (Å²) in [7, 11) is -0.418. The van der Waals surface area contributed by atoms with E-state index in [1.54, 1.807) is 0 Å². The molecule has 0 spiro atoms. The van der Waals surface area contributed by atoms with E-state index in [1.165, 1.54) is 48.9 Å². The van der Waals surface area contributed by atoms with Crippen LogP contribution in [-0.2, 0) is 9.31 Å². The van der Waals surface area contributed by atoms with Gasteiger partial charge in [0.2, 0.25) is 5.69 Å². The average molecular weight is 1550 g/mol. The Morgan fingerprint density at radius 3 is 1.04 bits per heavy atom. The third-order valence-electron chi connectivity index (χ3n) is 22.1. The molecule has 0 aliphatic carbocycles. The Morgan fingerprint density at radius 2 is 0.647 bits per heavy atom. The standard InChI is InChI=1S/C47H29N5.C36H31BN2O2.C17H10ClN3.CH4.K.H/c48-30-40-45(31-15-5-1-6-16-31)49-47(32-17-7-2-8-18-32)50-46(40)33-25-26-42-37(27-33)39-29-43-38(28-44(39)52(42)35-21-11-4-12-22-35)36-23-13-14-24-41(36)51(43)34-19-9-3-10-20-34;1-35(2)36(3,4)41-37(40-35)24-19-20-32-28(21-24)30-23-33-29(22-34(30)39(32)26-15-9-6-10-16-26)27-17-11-12-18-31(27)38(33)25-13-7-5-8-14-25;1-19-15-14(12-8-4-2-5-9-12)20-17(21-16(15)18)13-10-6-3-7-11-13;;;/h1-29H;5-23H,1-4H3;2-11H;1H4;;/q;;;;+1;-1. The van der Waals surface area contributed by atoms with Gasteiger partial charge in [-0.25, -0.2) is 24.8 Å². The van der Waals surface area contributed by atoms with Gasteiger partial charge in [-0.05, 0) is 142 Å². The third-order valence-corrected chi connectivity index (χ3v) is 22.4. The van der Waals surface area contributed by atoms with E-state index in [-0.39, 0.29) is 71.1 Å². The fraction of sp³-hybridized carbons (Fsp3) is 0.0693. The molecule has 0 saturated carbocycles. The first kappa shape index (κ1) is 76.0. The smallest absolute Gasteiger partial charge is 1.00 e. The van der Waals surface area contributed by atoms with Crippen LogP contribution in [0.1, 0.15) is 42.1 Å². The Hall–Kier alpha value is -12.7. The zero-order chi connectivity index (χ0) is 77.2. The third kappa shape index (κ3) is 13.6. The van der Waals surface area contributed by atoms with Crippen molar-refractivity contribution in [2.75, 3.05) is 0 Å². The van der Waals surface area contributed by atoms with Gasteiger partial charge in [0.05, 0.1) is 79.0 Å². The summed E-state index contributed by atoms with van der Waals surface area (Å²) in [4.78, 5) is 22.3. The summed E-state index contributed by atoms with van der Waals surface area (Å²) in [5.41, 5.74) is 20.8. The summed E-state index contributed by atoms with van der Waals surface area (Å²) < 4.78 is 22.4. The van der Waals surface area contributed by atoms with Gasteiger partial charge in [0.15, 0.2) is 11.6 Å². The van der Waals surface area contributed by atoms with Crippen LogP contribution in [-0.4, -0.2) is 56.5 Å². The van der Waals surface area contributed by atoms with Crippen molar-refractivity contribution < 1.29 is 62.1 Å². The predicted octanol–water partition coefficient (Wildman–Crippen LogP) is 22.5. The maximum atomic E-state index is 10.7. The number of para-hydroxylation sites is 6. The van der Waals surface area contributed by atoms with Crippen molar-refractivity contribution in [3.8, 4) is 85.4 Å². The summed E-state index contributed by atoms with van der Waals surface area (Å²) in [5, 5.41) is 20.3. The van der Waals surface area contributed by atoms with E-state index in [1.807, 2.05) is 127 Å². The van der Waals surface area contributed by atoms with Crippen LogP contribution in [0.25, 0.3) is 171 Å². The number of rotatable bonds is 10. The number of nitrogens with zero attached hydrogens (tertiary/aromatic N) is 10. The molecule has 0 unspecified atom stereocenters. The topological polar surface area (TPSA) is 118 Å². The average Bonchev–Trinajstić information content (AvgIpc) is 1.56. The van der Waals surface area contributed by atoms with Gasteiger partial charge < -0.3 is 29.0 Å². The molecule has 7 heterocycles. The summed E-state index contributed by atoms with van der Waals surface area (Å²) >= 11 is 6.17. The Labute approximate surface area is 721 Å². The van der Waals surface area contributed by atoms with E-state index in [0.717, 1.165) is 94.4 Å². The molecule has 0 radical (unpaired) electrons. The Morgan fingerprint density at radius 1 is 0.345 bits per heavy atom. The van der Waals surface area contributed by atoms with E-state index in [9.17, 15) is 5.26 Å². The second kappa shape index (κ2) is 31.6. The number of aromatic nitrogens is 8. The molecule has 21 rings (SSSR count). The molecule has 12 nitrogen and oxygen atoms in total. The van der Waals surface area contributed by atoms with Gasteiger partial charge in [0, 0.05) is 88.1 Å². The van der Waals surface area contributed by atoms with E-state index in [0.29, 0.717) is 34.3 Å². The molecule has 6 aromatic heterocycles. The number of hydrogen-bond acceptors (Lipinski definition) is 7. The van der Waals surface area contributed by atoms with Crippen molar-refractivity contribution in [3.05, 3.63) is 374 Å². The van der Waals surface area contributed by atoms with Gasteiger partial charge >= 0.3 is 58.5 Å². The van der Waals surface area contributed by atoms with Crippen molar-refractivity contribution in [1.29, 1.82) is 5.26 Å². The molecule has 14 aromatic carbocycles. The van der Waals surface area contributed by atoms with Crippen LogP contribution in [0.5, 0.6) is 0 Å². The molecule has 1 saturated heterocycles. The quantitative estimate of drug-likeness (QED) is 0.0760. The molecule has 15 heteroatoms. The van der Waals surface area contributed by atoms with Crippen LogP contribution in [0, 0.1) is 17.9 Å². The van der Waals surface area contributed by atoms with E-state index in [4.69, 9.17) is 37.4 Å². The Kier molecular flexibility index (Phi) is 20.7. The summed E-state index contributed by atoms with van der Waals surface area (Å²) in [6, 6.07) is 124. The van der Waals surface area contributed by atoms with Crippen LogP contribution in [0.15, 0.2) is 352 Å². The second-order valence-corrected chi connectivity index (χ2v) is 29.8. The number of benzene rings is 14. The SMILES string of the molecule is C.CC1(C)OB(c2ccc3c(c2)c2cc4c(cc2n3-c2ccccc2)c2ccccc2n4-c2ccccc2)OC1(C)C.N#Cc1c(-c2ccccc2)nc(-c2ccccc2)nc1-c1ccc2c(c1)c1cc3c(cc1n2-c1ccccc1)c1ccccc1n3-c1ccccc1.[C-]#[N+]c1c(Cl)nc(-c2ccccc2)nc1-c1ccccc1.[H-].[K+]. The Balaban J connectivity index is 0.000000141. The zero-order valence-corrected chi connectivity index (χ0v) is 67.6. The summed E-state index contributed by atoms with van der Waals surface area (Å²) in [6.45, 7) is 15.7. The Bertz CT molecular complexity index is 7180. The minimum atomic E-state index is -0.418. The van der Waals surface area contributed by atoms with Gasteiger partial charge in [-0.3, -0.25) is 0 Å². The number of hydrogen-bond donors (Lipinski definition) is 0. The molecule has 1 aliphatic heterocycles. The molecule has 0 amide bonds. The summed E-state index contributed by atoms with van der Waals surface area (Å²) in [5.74, 6) is 1.10. The van der Waals surface area contributed by atoms with Gasteiger partial charge in [-0.1, -0.05) is 268 Å². The van der Waals surface area contributed by atoms with Crippen LogP contribution in [0.2, 0.25) is 5.15 Å². The van der Waals surface area contributed by atoms with Gasteiger partial charge in [0.1, 0.15) is 16.8 Å².